The Morgan fingerprint density at radius 2 is 1.95 bits per heavy atom. The zero-order valence-corrected chi connectivity index (χ0v) is 13.1. The molecule has 1 aromatic heterocycles. The minimum atomic E-state index is 0.139. The summed E-state index contributed by atoms with van der Waals surface area (Å²) in [5.74, 6) is 0. The van der Waals surface area contributed by atoms with E-state index in [-0.39, 0.29) is 4.87 Å². The number of hydrogen-bond acceptors (Lipinski definition) is 3. The van der Waals surface area contributed by atoms with Crippen molar-refractivity contribution in [2.24, 2.45) is 5.73 Å². The molecule has 3 rings (SSSR count). The van der Waals surface area contributed by atoms with Gasteiger partial charge in [-0.25, -0.2) is 0 Å². The smallest absolute Gasteiger partial charge is 0.307 e. The van der Waals surface area contributed by atoms with Crippen LogP contribution in [0.3, 0.4) is 0 Å². The van der Waals surface area contributed by atoms with Crippen LogP contribution in [0.15, 0.2) is 28.4 Å². The largest absolute Gasteiger partial charge is 0.330 e. The maximum Gasteiger partial charge on any atom is 0.307 e. The summed E-state index contributed by atoms with van der Waals surface area (Å²) in [4.78, 5) is 12.2. The Kier molecular flexibility index (Phi) is 4.56. The van der Waals surface area contributed by atoms with Crippen LogP contribution in [-0.4, -0.2) is 11.1 Å². The first-order chi connectivity index (χ1) is 10.3. The molecule has 1 aromatic carbocycles. The summed E-state index contributed by atoms with van der Waals surface area (Å²) in [7, 11) is 0. The molecular weight excluding hydrogens is 280 g/mol. The van der Waals surface area contributed by atoms with Gasteiger partial charge in [-0.1, -0.05) is 23.5 Å². The van der Waals surface area contributed by atoms with Crippen molar-refractivity contribution in [3.05, 3.63) is 44.4 Å². The van der Waals surface area contributed by atoms with E-state index in [1.165, 1.54) is 53.7 Å². The lowest BCUT2D eigenvalue weighted by atomic mass is 9.90. The zero-order valence-electron chi connectivity index (χ0n) is 12.3. The molecular formula is C17H22N2OS. The van der Waals surface area contributed by atoms with Gasteiger partial charge in [0.05, 0.1) is 5.69 Å². The van der Waals surface area contributed by atoms with Gasteiger partial charge in [-0.3, -0.25) is 9.36 Å². The summed E-state index contributed by atoms with van der Waals surface area (Å²) in [5.41, 5.74) is 10.7. The van der Waals surface area contributed by atoms with Gasteiger partial charge in [0.2, 0.25) is 0 Å². The standard InChI is InChI=1S/C17H22N2OS/c18-9-3-4-10-19-16(12-21-17(19)20)15-8-7-13-5-1-2-6-14(13)11-15/h7-8,11-12H,1-6,9-10,18H2. The van der Waals surface area contributed by atoms with Gasteiger partial charge in [-0.2, -0.15) is 0 Å². The minimum absolute atomic E-state index is 0.139. The highest BCUT2D eigenvalue weighted by Gasteiger charge is 2.13. The SMILES string of the molecule is NCCCCn1c(-c2ccc3c(c2)CCCC3)csc1=O. The van der Waals surface area contributed by atoms with E-state index in [1.807, 2.05) is 9.95 Å². The van der Waals surface area contributed by atoms with Crippen LogP contribution in [0.25, 0.3) is 11.3 Å². The second kappa shape index (κ2) is 6.58. The van der Waals surface area contributed by atoms with E-state index in [1.54, 1.807) is 0 Å². The van der Waals surface area contributed by atoms with Crippen molar-refractivity contribution in [3.63, 3.8) is 0 Å². The quantitative estimate of drug-likeness (QED) is 0.862. The molecule has 3 nitrogen and oxygen atoms in total. The van der Waals surface area contributed by atoms with Gasteiger partial charge in [0.1, 0.15) is 0 Å². The molecule has 4 heteroatoms. The molecule has 112 valence electrons. The molecule has 0 spiro atoms. The van der Waals surface area contributed by atoms with Crippen molar-refractivity contribution < 1.29 is 0 Å². The van der Waals surface area contributed by atoms with Gasteiger partial charge < -0.3 is 5.73 Å². The molecule has 0 saturated heterocycles. The number of aromatic nitrogens is 1. The fraction of sp³-hybridized carbons (Fsp3) is 0.471. The Hall–Kier alpha value is -1.39. The van der Waals surface area contributed by atoms with Crippen molar-refractivity contribution in [2.75, 3.05) is 6.54 Å². The first-order valence-corrected chi connectivity index (χ1v) is 8.68. The Morgan fingerprint density at radius 1 is 1.14 bits per heavy atom. The lowest BCUT2D eigenvalue weighted by molar-refractivity contribution is 0.612. The zero-order chi connectivity index (χ0) is 14.7. The van der Waals surface area contributed by atoms with Crippen molar-refractivity contribution in [1.82, 2.24) is 4.57 Å². The molecule has 1 aliphatic carbocycles. The summed E-state index contributed by atoms with van der Waals surface area (Å²) >= 11 is 1.30. The number of rotatable bonds is 5. The number of nitrogens with zero attached hydrogens (tertiary/aromatic N) is 1. The maximum absolute atomic E-state index is 12.0. The van der Waals surface area contributed by atoms with E-state index >= 15 is 0 Å². The monoisotopic (exact) mass is 302 g/mol. The summed E-state index contributed by atoms with van der Waals surface area (Å²) in [6.45, 7) is 1.46. The molecule has 1 aliphatic rings. The molecule has 0 amide bonds. The van der Waals surface area contributed by atoms with Crippen molar-refractivity contribution in [2.45, 2.75) is 45.1 Å². The van der Waals surface area contributed by atoms with E-state index in [9.17, 15) is 4.79 Å². The fourth-order valence-electron chi connectivity index (χ4n) is 3.07. The van der Waals surface area contributed by atoms with Crippen LogP contribution >= 0.6 is 11.3 Å². The predicted molar refractivity (Wildman–Crippen MR) is 88.9 cm³/mol. The molecule has 0 bridgehead atoms. The summed E-state index contributed by atoms with van der Waals surface area (Å²) in [5, 5.41) is 2.00. The Morgan fingerprint density at radius 3 is 2.76 bits per heavy atom. The third-order valence-corrected chi connectivity index (χ3v) is 5.03. The van der Waals surface area contributed by atoms with Crippen LogP contribution in [0.5, 0.6) is 0 Å². The van der Waals surface area contributed by atoms with E-state index in [0.717, 1.165) is 25.1 Å². The van der Waals surface area contributed by atoms with Crippen LogP contribution < -0.4 is 10.6 Å². The third kappa shape index (κ3) is 3.11. The third-order valence-electron chi connectivity index (χ3n) is 4.26. The van der Waals surface area contributed by atoms with Crippen LogP contribution in [0, 0.1) is 0 Å². The number of benzene rings is 1. The van der Waals surface area contributed by atoms with Gasteiger partial charge in [0, 0.05) is 11.9 Å². The summed E-state index contributed by atoms with van der Waals surface area (Å²) in [6, 6.07) is 6.71. The topological polar surface area (TPSA) is 48.0 Å². The molecule has 2 N–H and O–H groups in total. The number of thiazole rings is 1. The summed E-state index contributed by atoms with van der Waals surface area (Å²) < 4.78 is 1.91. The van der Waals surface area contributed by atoms with Gasteiger partial charge in [-0.05, 0) is 67.8 Å². The van der Waals surface area contributed by atoms with Gasteiger partial charge in [0.25, 0.3) is 0 Å². The van der Waals surface area contributed by atoms with Crippen LogP contribution in [0.2, 0.25) is 0 Å². The molecule has 0 fully saturated rings. The number of fused-ring (bicyclic) bond motifs is 1. The highest BCUT2D eigenvalue weighted by molar-refractivity contribution is 7.07. The number of hydrogen-bond donors (Lipinski definition) is 1. The van der Waals surface area contributed by atoms with Crippen LogP contribution in [0.1, 0.15) is 36.8 Å². The molecule has 0 unspecified atom stereocenters. The molecule has 0 saturated carbocycles. The van der Waals surface area contributed by atoms with Crippen molar-refractivity contribution >= 4 is 11.3 Å². The van der Waals surface area contributed by atoms with Crippen molar-refractivity contribution in [3.8, 4) is 11.3 Å². The second-order valence-corrected chi connectivity index (χ2v) is 6.55. The highest BCUT2D eigenvalue weighted by atomic mass is 32.1. The van der Waals surface area contributed by atoms with Crippen molar-refractivity contribution in [1.29, 1.82) is 0 Å². The maximum atomic E-state index is 12.0. The Balaban J connectivity index is 1.91. The van der Waals surface area contributed by atoms with Gasteiger partial charge >= 0.3 is 4.87 Å². The minimum Gasteiger partial charge on any atom is -0.330 e. The fourth-order valence-corrected chi connectivity index (χ4v) is 3.87. The Labute approximate surface area is 129 Å². The second-order valence-electron chi connectivity index (χ2n) is 5.72. The summed E-state index contributed by atoms with van der Waals surface area (Å²) in [6.07, 6.45) is 6.88. The average molecular weight is 302 g/mol. The highest BCUT2D eigenvalue weighted by Crippen LogP contribution is 2.28. The molecule has 1 heterocycles. The van der Waals surface area contributed by atoms with Crippen LogP contribution in [-0.2, 0) is 19.4 Å². The first-order valence-electron chi connectivity index (χ1n) is 7.80. The average Bonchev–Trinajstić information content (AvgIpc) is 2.88. The number of aryl methyl sites for hydroxylation is 2. The van der Waals surface area contributed by atoms with Gasteiger partial charge in [-0.15, -0.1) is 0 Å². The predicted octanol–water partition coefficient (Wildman–Crippen LogP) is 3.19. The van der Waals surface area contributed by atoms with Gasteiger partial charge in [0.15, 0.2) is 0 Å². The lowest BCUT2D eigenvalue weighted by Gasteiger charge is -2.17. The molecule has 0 atom stereocenters. The van der Waals surface area contributed by atoms with E-state index in [0.29, 0.717) is 6.54 Å². The molecule has 0 radical (unpaired) electrons. The number of nitrogens with two attached hydrogens (primary N) is 1. The van der Waals surface area contributed by atoms with E-state index in [2.05, 4.69) is 18.2 Å². The first kappa shape index (κ1) is 14.5. The lowest BCUT2D eigenvalue weighted by Crippen LogP contribution is -2.15. The molecule has 0 aliphatic heterocycles. The molecule has 21 heavy (non-hydrogen) atoms. The van der Waals surface area contributed by atoms with Crippen LogP contribution in [0.4, 0.5) is 0 Å². The Bertz CT molecular complexity index is 672. The normalized spacial score (nSPS) is 14.1. The van der Waals surface area contributed by atoms with E-state index < -0.39 is 0 Å². The molecule has 2 aromatic rings. The number of unbranched alkanes of at least 4 members (excludes halogenated alkanes) is 1. The van der Waals surface area contributed by atoms with E-state index in [4.69, 9.17) is 5.73 Å².